The van der Waals surface area contributed by atoms with Crippen LogP contribution in [0.4, 0.5) is 0 Å². The molecule has 0 saturated heterocycles. The maximum atomic E-state index is 8.92. The van der Waals surface area contributed by atoms with E-state index >= 15 is 0 Å². The third-order valence-corrected chi connectivity index (χ3v) is 2.34. The van der Waals surface area contributed by atoms with Crippen molar-refractivity contribution in [1.82, 2.24) is 10.2 Å². The van der Waals surface area contributed by atoms with Crippen molar-refractivity contribution in [2.45, 2.75) is 45.7 Å². The molecule has 88 valence electrons. The summed E-state index contributed by atoms with van der Waals surface area (Å²) in [4.78, 5) is 2.17. The number of hydrogen-bond donors (Lipinski definition) is 1. The highest BCUT2D eigenvalue weighted by molar-refractivity contribution is 4.91. The van der Waals surface area contributed by atoms with Crippen LogP contribution in [0.3, 0.4) is 0 Å². The molecule has 3 heteroatoms. The van der Waals surface area contributed by atoms with Gasteiger partial charge in [0.25, 0.3) is 0 Å². The fraction of sp³-hybridized carbons (Fsp3) is 0.917. The van der Waals surface area contributed by atoms with Gasteiger partial charge in [-0.1, -0.05) is 20.8 Å². The fourth-order valence-electron chi connectivity index (χ4n) is 1.74. The summed E-state index contributed by atoms with van der Waals surface area (Å²) in [6, 6.07) is 2.71. The van der Waals surface area contributed by atoms with Crippen molar-refractivity contribution in [3.63, 3.8) is 0 Å². The fourth-order valence-corrected chi connectivity index (χ4v) is 1.74. The molecule has 0 aromatic carbocycles. The molecule has 0 aromatic rings. The monoisotopic (exact) mass is 211 g/mol. The Morgan fingerprint density at radius 3 is 2.27 bits per heavy atom. The van der Waals surface area contributed by atoms with Crippen molar-refractivity contribution in [1.29, 1.82) is 5.26 Å². The van der Waals surface area contributed by atoms with Crippen molar-refractivity contribution in [2.75, 3.05) is 20.6 Å². The highest BCUT2D eigenvalue weighted by Crippen LogP contribution is 2.07. The molecule has 3 nitrogen and oxygen atoms in total. The van der Waals surface area contributed by atoms with E-state index in [1.807, 2.05) is 6.92 Å². The summed E-state index contributed by atoms with van der Waals surface area (Å²) in [6.07, 6.45) is 1.99. The van der Waals surface area contributed by atoms with E-state index in [2.05, 4.69) is 44.2 Å². The molecule has 0 aliphatic rings. The largest absolute Gasteiger partial charge is 0.308 e. The van der Waals surface area contributed by atoms with E-state index in [1.54, 1.807) is 0 Å². The van der Waals surface area contributed by atoms with Crippen LogP contribution in [-0.4, -0.2) is 37.6 Å². The zero-order valence-corrected chi connectivity index (χ0v) is 10.7. The lowest BCUT2D eigenvalue weighted by atomic mass is 10.0. The SMILES string of the molecule is CCC(C#N)NC(CC(C)C)CN(C)C. The smallest absolute Gasteiger partial charge is 0.0952 e. The first-order chi connectivity index (χ1) is 6.99. The second kappa shape index (κ2) is 7.67. The van der Waals surface area contributed by atoms with Crippen molar-refractivity contribution < 1.29 is 0 Å². The quantitative estimate of drug-likeness (QED) is 0.698. The van der Waals surface area contributed by atoms with E-state index in [-0.39, 0.29) is 6.04 Å². The van der Waals surface area contributed by atoms with Crippen LogP contribution < -0.4 is 5.32 Å². The second-order valence-corrected chi connectivity index (χ2v) is 4.85. The minimum absolute atomic E-state index is 0.00583. The molecule has 0 heterocycles. The maximum absolute atomic E-state index is 8.92. The Kier molecular flexibility index (Phi) is 7.37. The Bertz CT molecular complexity index is 184. The van der Waals surface area contributed by atoms with Gasteiger partial charge in [-0.05, 0) is 32.9 Å². The van der Waals surface area contributed by atoms with Crippen LogP contribution >= 0.6 is 0 Å². The summed E-state index contributed by atoms with van der Waals surface area (Å²) >= 11 is 0. The van der Waals surface area contributed by atoms with Gasteiger partial charge in [0.2, 0.25) is 0 Å². The van der Waals surface area contributed by atoms with E-state index in [4.69, 9.17) is 5.26 Å². The lowest BCUT2D eigenvalue weighted by Gasteiger charge is -2.25. The standard InChI is InChI=1S/C12H25N3/c1-6-11(8-13)14-12(7-10(2)3)9-15(4)5/h10-12,14H,6-7,9H2,1-5H3. The minimum atomic E-state index is -0.00583. The summed E-state index contributed by atoms with van der Waals surface area (Å²) in [6.45, 7) is 7.48. The molecule has 0 aromatic heterocycles. The summed E-state index contributed by atoms with van der Waals surface area (Å²) in [7, 11) is 4.14. The van der Waals surface area contributed by atoms with E-state index in [9.17, 15) is 0 Å². The maximum Gasteiger partial charge on any atom is 0.0952 e. The van der Waals surface area contributed by atoms with Crippen molar-refractivity contribution in [3.8, 4) is 6.07 Å². The van der Waals surface area contributed by atoms with Crippen LogP contribution in [0.15, 0.2) is 0 Å². The number of nitrogens with one attached hydrogen (secondary N) is 1. The van der Waals surface area contributed by atoms with Gasteiger partial charge in [-0.25, -0.2) is 0 Å². The molecular weight excluding hydrogens is 186 g/mol. The molecule has 15 heavy (non-hydrogen) atoms. The van der Waals surface area contributed by atoms with Crippen LogP contribution in [0.1, 0.15) is 33.6 Å². The normalized spacial score (nSPS) is 15.3. The summed E-state index contributed by atoms with van der Waals surface area (Å²) in [5, 5.41) is 12.3. The molecular formula is C12H25N3. The third-order valence-electron chi connectivity index (χ3n) is 2.34. The zero-order valence-electron chi connectivity index (χ0n) is 10.7. The van der Waals surface area contributed by atoms with Crippen molar-refractivity contribution >= 4 is 0 Å². The second-order valence-electron chi connectivity index (χ2n) is 4.85. The summed E-state index contributed by atoms with van der Waals surface area (Å²) < 4.78 is 0. The zero-order chi connectivity index (χ0) is 11.8. The first-order valence-corrected chi connectivity index (χ1v) is 5.80. The predicted octanol–water partition coefficient (Wildman–Crippen LogP) is 1.85. The molecule has 2 unspecified atom stereocenters. The van der Waals surface area contributed by atoms with Gasteiger partial charge in [0.1, 0.15) is 0 Å². The molecule has 0 bridgehead atoms. The van der Waals surface area contributed by atoms with Crippen molar-refractivity contribution in [2.24, 2.45) is 5.92 Å². The molecule has 0 fully saturated rings. The van der Waals surface area contributed by atoms with Gasteiger partial charge < -0.3 is 4.90 Å². The number of rotatable bonds is 7. The van der Waals surface area contributed by atoms with Gasteiger partial charge in [0.15, 0.2) is 0 Å². The Morgan fingerprint density at radius 1 is 1.33 bits per heavy atom. The topological polar surface area (TPSA) is 39.1 Å². The van der Waals surface area contributed by atoms with Crippen LogP contribution in [0.25, 0.3) is 0 Å². The van der Waals surface area contributed by atoms with Crippen LogP contribution in [0, 0.1) is 17.2 Å². The van der Waals surface area contributed by atoms with E-state index in [1.165, 1.54) is 0 Å². The molecule has 1 N–H and O–H groups in total. The first-order valence-electron chi connectivity index (χ1n) is 5.80. The molecule has 0 rings (SSSR count). The average molecular weight is 211 g/mol. The van der Waals surface area contributed by atoms with E-state index in [0.29, 0.717) is 12.0 Å². The van der Waals surface area contributed by atoms with E-state index < -0.39 is 0 Å². The Morgan fingerprint density at radius 2 is 1.93 bits per heavy atom. The lowest BCUT2D eigenvalue weighted by Crippen LogP contribution is -2.44. The van der Waals surface area contributed by atoms with Gasteiger partial charge in [-0.2, -0.15) is 5.26 Å². The molecule has 2 atom stereocenters. The summed E-state index contributed by atoms with van der Waals surface area (Å²) in [5.74, 6) is 0.665. The van der Waals surface area contributed by atoms with Crippen LogP contribution in [0.5, 0.6) is 0 Å². The molecule has 0 saturated carbocycles. The summed E-state index contributed by atoms with van der Waals surface area (Å²) in [5.41, 5.74) is 0. The van der Waals surface area contributed by atoms with Gasteiger partial charge in [-0.3, -0.25) is 5.32 Å². The van der Waals surface area contributed by atoms with Crippen LogP contribution in [0.2, 0.25) is 0 Å². The third kappa shape index (κ3) is 7.35. The minimum Gasteiger partial charge on any atom is -0.308 e. The van der Waals surface area contributed by atoms with Crippen LogP contribution in [-0.2, 0) is 0 Å². The molecule has 0 spiro atoms. The molecule has 0 radical (unpaired) electrons. The Balaban J connectivity index is 4.17. The molecule has 0 aliphatic carbocycles. The Hall–Kier alpha value is -0.590. The van der Waals surface area contributed by atoms with Gasteiger partial charge in [-0.15, -0.1) is 0 Å². The number of hydrogen-bond acceptors (Lipinski definition) is 3. The van der Waals surface area contributed by atoms with Gasteiger partial charge in [0.05, 0.1) is 12.1 Å². The lowest BCUT2D eigenvalue weighted by molar-refractivity contribution is 0.295. The van der Waals surface area contributed by atoms with Gasteiger partial charge >= 0.3 is 0 Å². The number of nitriles is 1. The van der Waals surface area contributed by atoms with Crippen molar-refractivity contribution in [3.05, 3.63) is 0 Å². The highest BCUT2D eigenvalue weighted by atomic mass is 15.1. The molecule has 0 amide bonds. The average Bonchev–Trinajstić information content (AvgIpc) is 2.11. The molecule has 0 aliphatic heterocycles. The predicted molar refractivity (Wildman–Crippen MR) is 64.6 cm³/mol. The van der Waals surface area contributed by atoms with Gasteiger partial charge in [0, 0.05) is 12.6 Å². The number of nitrogens with zero attached hydrogens (tertiary/aromatic N) is 2. The number of likely N-dealkylation sites (N-methyl/N-ethyl adjacent to an activating group) is 1. The Labute approximate surface area is 94.5 Å². The highest BCUT2D eigenvalue weighted by Gasteiger charge is 2.15. The van der Waals surface area contributed by atoms with E-state index in [0.717, 1.165) is 19.4 Å². The first kappa shape index (κ1) is 14.4.